The Labute approximate surface area is 131 Å². The topological polar surface area (TPSA) is 56.8 Å². The lowest BCUT2D eigenvalue weighted by Crippen LogP contribution is -2.31. The molecular weight excluding hydrogens is 282 g/mol. The van der Waals surface area contributed by atoms with Crippen molar-refractivity contribution in [3.63, 3.8) is 0 Å². The summed E-state index contributed by atoms with van der Waals surface area (Å²) < 4.78 is 16.0. The van der Waals surface area contributed by atoms with Crippen LogP contribution in [0.5, 0.6) is 0 Å². The van der Waals surface area contributed by atoms with Gasteiger partial charge in [0.1, 0.15) is 0 Å². The molecule has 1 aromatic carbocycles. The molecular formula is C17H23NO4. The van der Waals surface area contributed by atoms with Crippen LogP contribution in [-0.2, 0) is 19.0 Å². The second-order valence-corrected chi connectivity index (χ2v) is 5.48. The van der Waals surface area contributed by atoms with Gasteiger partial charge >= 0.3 is 5.97 Å². The third-order valence-electron chi connectivity index (χ3n) is 3.60. The first-order chi connectivity index (χ1) is 10.5. The molecule has 1 saturated heterocycles. The van der Waals surface area contributed by atoms with Gasteiger partial charge in [-0.2, -0.15) is 0 Å². The number of carbonyl (C=O) groups excluding carboxylic acids is 1. The van der Waals surface area contributed by atoms with E-state index in [-0.39, 0.29) is 6.04 Å². The minimum absolute atomic E-state index is 0.0575. The summed E-state index contributed by atoms with van der Waals surface area (Å²) in [7, 11) is 1.36. The standard InChI is InChI=1S/C17H23NO4/c1-13(14-7-5-4-6-8-14)18-15(11-16(19)20-3)12-17(2)21-9-10-22-17/h4-8,11,13,18H,9-10,12H2,1-3H3/b15-11-/t13-/m1/s1. The van der Waals surface area contributed by atoms with Crippen LogP contribution in [0.3, 0.4) is 0 Å². The van der Waals surface area contributed by atoms with Gasteiger partial charge in [-0.05, 0) is 19.4 Å². The first kappa shape index (κ1) is 16.5. The van der Waals surface area contributed by atoms with Crippen molar-refractivity contribution in [3.05, 3.63) is 47.7 Å². The van der Waals surface area contributed by atoms with Crippen molar-refractivity contribution >= 4 is 5.97 Å². The van der Waals surface area contributed by atoms with E-state index in [0.717, 1.165) is 11.3 Å². The van der Waals surface area contributed by atoms with Crippen molar-refractivity contribution in [1.82, 2.24) is 5.32 Å². The van der Waals surface area contributed by atoms with E-state index >= 15 is 0 Å². The van der Waals surface area contributed by atoms with E-state index < -0.39 is 11.8 Å². The zero-order valence-corrected chi connectivity index (χ0v) is 13.3. The van der Waals surface area contributed by atoms with Gasteiger partial charge in [0, 0.05) is 24.2 Å². The molecule has 1 aliphatic rings. The monoisotopic (exact) mass is 305 g/mol. The highest BCUT2D eigenvalue weighted by Crippen LogP contribution is 2.27. The number of hydrogen-bond donors (Lipinski definition) is 1. The van der Waals surface area contributed by atoms with Crippen LogP contribution in [0, 0.1) is 0 Å². The fourth-order valence-electron chi connectivity index (χ4n) is 2.45. The third-order valence-corrected chi connectivity index (χ3v) is 3.60. The van der Waals surface area contributed by atoms with E-state index in [1.54, 1.807) is 0 Å². The van der Waals surface area contributed by atoms with Gasteiger partial charge in [0.05, 0.1) is 20.3 Å². The summed E-state index contributed by atoms with van der Waals surface area (Å²) in [5.74, 6) is -1.10. The van der Waals surface area contributed by atoms with E-state index in [2.05, 4.69) is 5.32 Å². The first-order valence-electron chi connectivity index (χ1n) is 7.40. The van der Waals surface area contributed by atoms with Gasteiger partial charge < -0.3 is 19.5 Å². The Balaban J connectivity index is 2.11. The summed E-state index contributed by atoms with van der Waals surface area (Å²) in [6.45, 7) is 5.05. The van der Waals surface area contributed by atoms with E-state index in [4.69, 9.17) is 14.2 Å². The predicted octanol–water partition coefficient (Wildman–Crippen LogP) is 2.55. The van der Waals surface area contributed by atoms with Crippen molar-refractivity contribution in [1.29, 1.82) is 0 Å². The van der Waals surface area contributed by atoms with Crippen molar-refractivity contribution in [2.24, 2.45) is 0 Å². The SMILES string of the molecule is COC(=O)/C=C(/CC1(C)OCCO1)N[C@H](C)c1ccccc1. The van der Waals surface area contributed by atoms with Gasteiger partial charge in [-0.3, -0.25) is 0 Å². The van der Waals surface area contributed by atoms with Gasteiger partial charge in [0.2, 0.25) is 0 Å². The average Bonchev–Trinajstić information content (AvgIpc) is 2.94. The molecule has 5 nitrogen and oxygen atoms in total. The molecule has 0 unspecified atom stereocenters. The second kappa shape index (κ2) is 7.42. The molecule has 1 aliphatic heterocycles. The summed E-state index contributed by atoms with van der Waals surface area (Å²) in [6.07, 6.45) is 1.91. The maximum absolute atomic E-state index is 11.6. The molecule has 1 fully saturated rings. The molecule has 0 radical (unpaired) electrons. The highest BCUT2D eigenvalue weighted by Gasteiger charge is 2.32. The lowest BCUT2D eigenvalue weighted by atomic mass is 10.1. The van der Waals surface area contributed by atoms with Crippen molar-refractivity contribution in [3.8, 4) is 0 Å². The summed E-state index contributed by atoms with van der Waals surface area (Å²) in [4.78, 5) is 11.6. The Morgan fingerprint density at radius 2 is 2.00 bits per heavy atom. The normalized spacial score (nSPS) is 18.8. The fraction of sp³-hybridized carbons (Fsp3) is 0.471. The van der Waals surface area contributed by atoms with Crippen LogP contribution in [0.2, 0.25) is 0 Å². The predicted molar refractivity (Wildman–Crippen MR) is 83.0 cm³/mol. The Hall–Kier alpha value is -1.85. The maximum Gasteiger partial charge on any atom is 0.332 e. The number of carbonyl (C=O) groups is 1. The van der Waals surface area contributed by atoms with Crippen LogP contribution in [0.1, 0.15) is 31.9 Å². The zero-order chi connectivity index (χ0) is 16.0. The van der Waals surface area contributed by atoms with Gasteiger partial charge in [-0.15, -0.1) is 0 Å². The minimum Gasteiger partial charge on any atom is -0.466 e. The molecule has 0 saturated carbocycles. The highest BCUT2D eigenvalue weighted by atomic mass is 16.7. The van der Waals surface area contributed by atoms with E-state index in [1.165, 1.54) is 13.2 Å². The van der Waals surface area contributed by atoms with Gasteiger partial charge in [0.15, 0.2) is 5.79 Å². The molecule has 2 rings (SSSR count). The molecule has 1 aromatic rings. The van der Waals surface area contributed by atoms with Crippen LogP contribution >= 0.6 is 0 Å². The Morgan fingerprint density at radius 3 is 2.59 bits per heavy atom. The molecule has 5 heteroatoms. The van der Waals surface area contributed by atoms with Crippen LogP contribution in [0.25, 0.3) is 0 Å². The molecule has 0 aromatic heterocycles. The molecule has 0 spiro atoms. The lowest BCUT2D eigenvalue weighted by molar-refractivity contribution is -0.141. The number of hydrogen-bond acceptors (Lipinski definition) is 5. The summed E-state index contributed by atoms with van der Waals surface area (Å²) >= 11 is 0. The Bertz CT molecular complexity index is 521. The number of esters is 1. The minimum atomic E-state index is -0.705. The lowest BCUT2D eigenvalue weighted by Gasteiger charge is -2.26. The van der Waals surface area contributed by atoms with E-state index in [0.29, 0.717) is 19.6 Å². The number of methoxy groups -OCH3 is 1. The van der Waals surface area contributed by atoms with Crippen molar-refractivity contribution in [2.45, 2.75) is 32.1 Å². The highest BCUT2D eigenvalue weighted by molar-refractivity contribution is 5.82. The smallest absolute Gasteiger partial charge is 0.332 e. The van der Waals surface area contributed by atoms with Crippen LogP contribution in [-0.4, -0.2) is 32.1 Å². The third kappa shape index (κ3) is 4.58. The van der Waals surface area contributed by atoms with E-state index in [1.807, 2.05) is 44.2 Å². The molecule has 0 bridgehead atoms. The van der Waals surface area contributed by atoms with E-state index in [9.17, 15) is 4.79 Å². The van der Waals surface area contributed by atoms with Crippen LogP contribution in [0.15, 0.2) is 42.1 Å². The number of ether oxygens (including phenoxy) is 3. The first-order valence-corrected chi connectivity index (χ1v) is 7.40. The van der Waals surface area contributed by atoms with Crippen LogP contribution in [0.4, 0.5) is 0 Å². The molecule has 1 N–H and O–H groups in total. The number of rotatable bonds is 6. The largest absolute Gasteiger partial charge is 0.466 e. The van der Waals surface area contributed by atoms with Gasteiger partial charge in [-0.1, -0.05) is 30.3 Å². The quantitative estimate of drug-likeness (QED) is 0.646. The van der Waals surface area contributed by atoms with Gasteiger partial charge in [0.25, 0.3) is 0 Å². The molecule has 1 atom stereocenters. The molecule has 0 aliphatic carbocycles. The fourth-order valence-corrected chi connectivity index (χ4v) is 2.45. The molecule has 22 heavy (non-hydrogen) atoms. The summed E-state index contributed by atoms with van der Waals surface area (Å²) in [5, 5.41) is 3.35. The molecule has 120 valence electrons. The van der Waals surface area contributed by atoms with Crippen LogP contribution < -0.4 is 5.32 Å². The zero-order valence-electron chi connectivity index (χ0n) is 13.3. The number of benzene rings is 1. The maximum atomic E-state index is 11.6. The van der Waals surface area contributed by atoms with Crippen molar-refractivity contribution < 1.29 is 19.0 Å². The Kier molecular flexibility index (Phi) is 5.57. The summed E-state index contributed by atoms with van der Waals surface area (Å²) in [5.41, 5.74) is 1.87. The van der Waals surface area contributed by atoms with Gasteiger partial charge in [-0.25, -0.2) is 4.79 Å². The molecule has 0 amide bonds. The van der Waals surface area contributed by atoms with Crippen molar-refractivity contribution in [2.75, 3.05) is 20.3 Å². The summed E-state index contributed by atoms with van der Waals surface area (Å²) in [6, 6.07) is 10.1. The number of nitrogens with one attached hydrogen (secondary N) is 1. The second-order valence-electron chi connectivity index (χ2n) is 5.48. The Morgan fingerprint density at radius 1 is 1.36 bits per heavy atom. The average molecular weight is 305 g/mol. The molecule has 1 heterocycles.